The summed E-state index contributed by atoms with van der Waals surface area (Å²) in [5, 5.41) is 9.74. The standard InChI is InChI=1S/C28H36N2O4/c1-2-20-7-10-25(29-17-20)13-14-34-26-11-8-21(9-12-26)15-24(28(32)33)16-27(31)30-18-22-5-3-4-6-23(22)19-30/h7-12,17,22-24H,2-6,13-16,18-19H2,1H3,(H,32,33)/t22-,23+,24?. The van der Waals surface area contributed by atoms with Gasteiger partial charge in [-0.15, -0.1) is 0 Å². The van der Waals surface area contributed by atoms with E-state index >= 15 is 0 Å². The highest BCUT2D eigenvalue weighted by Crippen LogP contribution is 2.36. The van der Waals surface area contributed by atoms with E-state index < -0.39 is 11.9 Å². The average molecular weight is 465 g/mol. The Bertz CT molecular complexity index is 943. The van der Waals surface area contributed by atoms with Crippen molar-refractivity contribution in [1.82, 2.24) is 9.88 Å². The number of pyridine rings is 1. The molecule has 2 fully saturated rings. The van der Waals surface area contributed by atoms with E-state index in [1.54, 1.807) is 0 Å². The molecule has 2 aliphatic rings. The molecular weight excluding hydrogens is 428 g/mol. The van der Waals surface area contributed by atoms with Gasteiger partial charge < -0.3 is 14.7 Å². The minimum atomic E-state index is -0.910. The molecule has 1 aromatic heterocycles. The van der Waals surface area contributed by atoms with Crippen molar-refractivity contribution in [2.24, 2.45) is 17.8 Å². The Kier molecular flexibility index (Phi) is 8.20. The fourth-order valence-corrected chi connectivity index (χ4v) is 5.29. The zero-order chi connectivity index (χ0) is 23.9. The Labute approximate surface area is 202 Å². The van der Waals surface area contributed by atoms with Gasteiger partial charge in [-0.2, -0.15) is 0 Å². The van der Waals surface area contributed by atoms with E-state index in [0.29, 0.717) is 24.9 Å². The first kappa shape index (κ1) is 24.2. The minimum Gasteiger partial charge on any atom is -0.493 e. The summed E-state index contributed by atoms with van der Waals surface area (Å²) in [6.07, 6.45) is 8.93. The number of ether oxygens (including phenoxy) is 1. The van der Waals surface area contributed by atoms with Gasteiger partial charge in [0.1, 0.15) is 5.75 Å². The molecule has 1 amide bonds. The van der Waals surface area contributed by atoms with Crippen LogP contribution < -0.4 is 4.74 Å². The molecule has 0 radical (unpaired) electrons. The SMILES string of the molecule is CCc1ccc(CCOc2ccc(CC(CC(=O)N3C[C@H]4CCCC[C@H]4C3)C(=O)O)cc2)nc1. The first-order chi connectivity index (χ1) is 16.5. The van der Waals surface area contributed by atoms with Crippen molar-refractivity contribution in [2.45, 2.75) is 58.3 Å². The Balaban J connectivity index is 1.25. The molecule has 1 saturated heterocycles. The third-order valence-corrected chi connectivity index (χ3v) is 7.43. The lowest BCUT2D eigenvalue weighted by atomic mass is 9.82. The van der Waals surface area contributed by atoms with E-state index in [1.165, 1.54) is 31.2 Å². The smallest absolute Gasteiger partial charge is 0.307 e. The third kappa shape index (κ3) is 6.37. The second kappa shape index (κ2) is 11.5. The van der Waals surface area contributed by atoms with Crippen molar-refractivity contribution in [2.75, 3.05) is 19.7 Å². The van der Waals surface area contributed by atoms with Gasteiger partial charge in [-0.25, -0.2) is 0 Å². The molecule has 0 spiro atoms. The molecule has 1 N–H and O–H groups in total. The van der Waals surface area contributed by atoms with Crippen LogP contribution in [0, 0.1) is 17.8 Å². The number of carbonyl (C=O) groups is 2. The number of hydrogen-bond donors (Lipinski definition) is 1. The molecule has 2 aromatic rings. The molecule has 34 heavy (non-hydrogen) atoms. The monoisotopic (exact) mass is 464 g/mol. The molecule has 1 unspecified atom stereocenters. The van der Waals surface area contributed by atoms with Crippen molar-refractivity contribution in [3.8, 4) is 5.75 Å². The number of aliphatic carboxylic acids is 1. The average Bonchev–Trinajstić information content (AvgIpc) is 3.29. The van der Waals surface area contributed by atoms with E-state index in [1.807, 2.05) is 41.4 Å². The van der Waals surface area contributed by atoms with E-state index in [0.717, 1.165) is 42.9 Å². The predicted octanol–water partition coefficient (Wildman–Crippen LogP) is 4.55. The maximum atomic E-state index is 12.9. The van der Waals surface area contributed by atoms with Crippen molar-refractivity contribution in [3.05, 3.63) is 59.4 Å². The van der Waals surface area contributed by atoms with Crippen LogP contribution in [0.2, 0.25) is 0 Å². The van der Waals surface area contributed by atoms with Gasteiger partial charge in [0, 0.05) is 37.8 Å². The van der Waals surface area contributed by atoms with Crippen LogP contribution in [0.4, 0.5) is 0 Å². The Morgan fingerprint density at radius 1 is 1.06 bits per heavy atom. The lowest BCUT2D eigenvalue weighted by Crippen LogP contribution is -2.33. The molecule has 0 bridgehead atoms. The highest BCUT2D eigenvalue weighted by Gasteiger charge is 2.37. The highest BCUT2D eigenvalue weighted by molar-refractivity contribution is 5.82. The zero-order valence-corrected chi connectivity index (χ0v) is 20.1. The van der Waals surface area contributed by atoms with Crippen LogP contribution in [0.15, 0.2) is 42.6 Å². The second-order valence-corrected chi connectivity index (χ2v) is 9.80. The van der Waals surface area contributed by atoms with Gasteiger partial charge in [-0.3, -0.25) is 14.6 Å². The van der Waals surface area contributed by atoms with Crippen LogP contribution >= 0.6 is 0 Å². The number of carboxylic acids is 1. The molecule has 2 heterocycles. The van der Waals surface area contributed by atoms with Crippen molar-refractivity contribution < 1.29 is 19.4 Å². The molecule has 1 aliphatic carbocycles. The second-order valence-electron chi connectivity index (χ2n) is 9.80. The molecule has 1 saturated carbocycles. The Morgan fingerprint density at radius 3 is 2.32 bits per heavy atom. The number of nitrogens with zero attached hydrogens (tertiary/aromatic N) is 2. The van der Waals surface area contributed by atoms with E-state index in [-0.39, 0.29) is 12.3 Å². The largest absolute Gasteiger partial charge is 0.493 e. The van der Waals surface area contributed by atoms with Gasteiger partial charge in [0.2, 0.25) is 5.91 Å². The van der Waals surface area contributed by atoms with E-state index in [4.69, 9.17) is 4.74 Å². The normalized spacial score (nSPS) is 20.6. The number of aromatic nitrogens is 1. The summed E-state index contributed by atoms with van der Waals surface area (Å²) in [7, 11) is 0. The number of carbonyl (C=O) groups excluding carboxylic acids is 1. The van der Waals surface area contributed by atoms with Crippen molar-refractivity contribution >= 4 is 11.9 Å². The number of benzene rings is 1. The molecular formula is C28H36N2O4. The van der Waals surface area contributed by atoms with Crippen LogP contribution in [0.25, 0.3) is 0 Å². The van der Waals surface area contributed by atoms with Gasteiger partial charge in [-0.05, 0) is 66.8 Å². The molecule has 4 rings (SSSR count). The summed E-state index contributed by atoms with van der Waals surface area (Å²) in [6.45, 7) is 4.25. The lowest BCUT2D eigenvalue weighted by Gasteiger charge is -2.22. The van der Waals surface area contributed by atoms with Gasteiger partial charge >= 0.3 is 5.97 Å². The minimum absolute atomic E-state index is 0.0117. The molecule has 1 aliphatic heterocycles. The molecule has 6 nitrogen and oxygen atoms in total. The Hall–Kier alpha value is -2.89. The molecule has 6 heteroatoms. The van der Waals surface area contributed by atoms with E-state index in [9.17, 15) is 14.7 Å². The van der Waals surface area contributed by atoms with Crippen LogP contribution in [0.3, 0.4) is 0 Å². The number of rotatable bonds is 10. The summed E-state index contributed by atoms with van der Waals surface area (Å²) in [4.78, 5) is 31.1. The first-order valence-electron chi connectivity index (χ1n) is 12.7. The number of hydrogen-bond acceptors (Lipinski definition) is 4. The summed E-state index contributed by atoms with van der Waals surface area (Å²) in [5.74, 6) is 0.338. The fourth-order valence-electron chi connectivity index (χ4n) is 5.29. The van der Waals surface area contributed by atoms with Gasteiger partial charge in [-0.1, -0.05) is 38.0 Å². The number of carboxylic acid groups (broad SMARTS) is 1. The van der Waals surface area contributed by atoms with Gasteiger partial charge in [0.25, 0.3) is 0 Å². The summed E-state index contributed by atoms with van der Waals surface area (Å²) in [5.41, 5.74) is 3.12. The maximum absolute atomic E-state index is 12.9. The van der Waals surface area contributed by atoms with Gasteiger partial charge in [0.15, 0.2) is 0 Å². The maximum Gasteiger partial charge on any atom is 0.307 e. The lowest BCUT2D eigenvalue weighted by molar-refractivity contribution is -0.145. The van der Waals surface area contributed by atoms with Gasteiger partial charge in [0.05, 0.1) is 12.5 Å². The zero-order valence-electron chi connectivity index (χ0n) is 20.1. The van der Waals surface area contributed by atoms with Crippen LogP contribution in [-0.4, -0.2) is 46.6 Å². The summed E-state index contributed by atoms with van der Waals surface area (Å²) >= 11 is 0. The number of amides is 1. The van der Waals surface area contributed by atoms with E-state index in [2.05, 4.69) is 18.0 Å². The summed E-state index contributed by atoms with van der Waals surface area (Å²) in [6, 6.07) is 11.7. The van der Waals surface area contributed by atoms with Crippen molar-refractivity contribution in [3.63, 3.8) is 0 Å². The summed E-state index contributed by atoms with van der Waals surface area (Å²) < 4.78 is 5.84. The highest BCUT2D eigenvalue weighted by atomic mass is 16.5. The molecule has 3 atom stereocenters. The molecule has 1 aromatic carbocycles. The quantitative estimate of drug-likeness (QED) is 0.558. The number of likely N-dealkylation sites (tertiary alicyclic amines) is 1. The van der Waals surface area contributed by atoms with Crippen LogP contribution in [-0.2, 0) is 28.9 Å². The fraction of sp³-hybridized carbons (Fsp3) is 0.536. The first-order valence-corrected chi connectivity index (χ1v) is 12.7. The third-order valence-electron chi connectivity index (χ3n) is 7.43. The van der Waals surface area contributed by atoms with Crippen molar-refractivity contribution in [1.29, 1.82) is 0 Å². The molecule has 182 valence electrons. The van der Waals surface area contributed by atoms with Crippen LogP contribution in [0.5, 0.6) is 5.75 Å². The Morgan fingerprint density at radius 2 is 1.74 bits per heavy atom. The van der Waals surface area contributed by atoms with Crippen LogP contribution in [0.1, 0.15) is 55.8 Å². The predicted molar refractivity (Wildman–Crippen MR) is 131 cm³/mol. The number of aryl methyl sites for hydroxylation is 1. The number of fused-ring (bicyclic) bond motifs is 1. The topological polar surface area (TPSA) is 79.7 Å².